The van der Waals surface area contributed by atoms with Crippen LogP contribution in [0.25, 0.3) is 0 Å². The Bertz CT molecular complexity index is 929. The molecule has 10 nitrogen and oxygen atoms in total. The molecule has 0 fully saturated rings. The smallest absolute Gasteiger partial charge is 0.335 e. The quantitative estimate of drug-likeness (QED) is 0.173. The number of aliphatic carboxylic acids is 2. The van der Waals surface area contributed by atoms with E-state index in [1.807, 2.05) is 0 Å². The Morgan fingerprint density at radius 2 is 0.865 bits per heavy atom. The third-order valence-electron chi connectivity index (χ3n) is 4.96. The van der Waals surface area contributed by atoms with Gasteiger partial charge >= 0.3 is 23.9 Å². The van der Waals surface area contributed by atoms with Crippen molar-refractivity contribution in [2.75, 3.05) is 0 Å². The molecule has 202 valence electrons. The topological polar surface area (TPSA) is 168 Å². The highest BCUT2D eigenvalue weighted by Crippen LogP contribution is 2.23. The molecule has 37 heavy (non-hydrogen) atoms. The molecule has 0 spiro atoms. The number of carboxylic acids is 4. The van der Waals surface area contributed by atoms with Crippen LogP contribution in [0.3, 0.4) is 0 Å². The van der Waals surface area contributed by atoms with Gasteiger partial charge in [0.15, 0.2) is 0 Å². The first-order valence-corrected chi connectivity index (χ1v) is 11.9. The van der Waals surface area contributed by atoms with Crippen LogP contribution in [0.2, 0.25) is 0 Å². The van der Waals surface area contributed by atoms with E-state index < -0.39 is 29.7 Å². The average Bonchev–Trinajstić information content (AvgIpc) is 2.81. The molecule has 2 rings (SSSR count). The van der Waals surface area contributed by atoms with E-state index in [0.717, 1.165) is 38.5 Å². The van der Waals surface area contributed by atoms with Crippen LogP contribution in [0.15, 0.2) is 48.5 Å². The van der Waals surface area contributed by atoms with Crippen LogP contribution in [-0.2, 0) is 9.59 Å². The summed E-state index contributed by atoms with van der Waals surface area (Å²) >= 11 is 0. The Balaban J connectivity index is 0.000000422. The van der Waals surface area contributed by atoms with Gasteiger partial charge in [0.05, 0.1) is 11.1 Å². The standard InChI is InChI=1S/C17H16O6.C10H18O4/c1-17(2,22-13-7-3-11(4-8-13)15(18)19)23-14-9-5-12(6-10-14)16(20)21;11-9(12)7-5-3-1-2-4-6-8-10(13)14/h3-10H,1-2H3,(H,18,19)(H,20,21);1-8H2,(H,11,12)(H,13,14). The van der Waals surface area contributed by atoms with Crippen molar-refractivity contribution < 1.29 is 49.1 Å². The molecule has 0 atom stereocenters. The van der Waals surface area contributed by atoms with Gasteiger partial charge in [-0.2, -0.15) is 0 Å². The predicted octanol–water partition coefficient (Wildman–Crippen LogP) is 5.55. The molecule has 0 amide bonds. The van der Waals surface area contributed by atoms with Gasteiger partial charge in [-0.1, -0.05) is 25.7 Å². The fraction of sp³-hybridized carbons (Fsp3) is 0.407. The summed E-state index contributed by atoms with van der Waals surface area (Å²) in [5.41, 5.74) is 0.334. The molecule has 0 aromatic heterocycles. The molecule has 2 aromatic carbocycles. The molecule has 0 aliphatic heterocycles. The first-order valence-electron chi connectivity index (χ1n) is 11.9. The molecule has 0 saturated heterocycles. The Morgan fingerprint density at radius 1 is 0.568 bits per heavy atom. The van der Waals surface area contributed by atoms with Gasteiger partial charge in [0, 0.05) is 26.7 Å². The zero-order valence-corrected chi connectivity index (χ0v) is 21.0. The minimum absolute atomic E-state index is 0.167. The number of ether oxygens (including phenoxy) is 2. The number of aromatic carboxylic acids is 2. The number of hydrogen-bond donors (Lipinski definition) is 4. The second-order valence-electron chi connectivity index (χ2n) is 8.67. The monoisotopic (exact) mass is 518 g/mol. The second kappa shape index (κ2) is 15.8. The van der Waals surface area contributed by atoms with Crippen molar-refractivity contribution in [2.24, 2.45) is 0 Å². The number of carboxylic acid groups (broad SMARTS) is 4. The van der Waals surface area contributed by atoms with Crippen LogP contribution in [-0.4, -0.2) is 50.1 Å². The summed E-state index contributed by atoms with van der Waals surface area (Å²) in [6, 6.07) is 11.9. The molecule has 10 heteroatoms. The molecule has 0 aliphatic rings. The summed E-state index contributed by atoms with van der Waals surface area (Å²) in [6.45, 7) is 3.40. The Kier molecular flexibility index (Phi) is 13.2. The van der Waals surface area contributed by atoms with Gasteiger partial charge in [-0.25, -0.2) is 9.59 Å². The highest BCUT2D eigenvalue weighted by atomic mass is 16.7. The molecular weight excluding hydrogens is 484 g/mol. The lowest BCUT2D eigenvalue weighted by Crippen LogP contribution is -2.35. The molecule has 0 aliphatic carbocycles. The van der Waals surface area contributed by atoms with E-state index in [1.165, 1.54) is 24.3 Å². The van der Waals surface area contributed by atoms with Crippen molar-refractivity contribution in [1.82, 2.24) is 0 Å². The van der Waals surface area contributed by atoms with Crippen LogP contribution in [0, 0.1) is 0 Å². The highest BCUT2D eigenvalue weighted by molar-refractivity contribution is 5.88. The first kappa shape index (κ1) is 31.0. The van der Waals surface area contributed by atoms with E-state index in [-0.39, 0.29) is 24.0 Å². The summed E-state index contributed by atoms with van der Waals surface area (Å²) in [5.74, 6) is -3.60. The van der Waals surface area contributed by atoms with Crippen LogP contribution in [0.1, 0.15) is 85.9 Å². The van der Waals surface area contributed by atoms with Crippen LogP contribution < -0.4 is 9.47 Å². The molecule has 0 unspecified atom stereocenters. The van der Waals surface area contributed by atoms with Gasteiger partial charge in [-0.3, -0.25) is 9.59 Å². The molecule has 4 N–H and O–H groups in total. The maximum atomic E-state index is 10.8. The molecule has 0 heterocycles. The Labute approximate surface area is 215 Å². The third kappa shape index (κ3) is 14.2. The largest absolute Gasteiger partial charge is 0.481 e. The van der Waals surface area contributed by atoms with Crippen molar-refractivity contribution in [1.29, 1.82) is 0 Å². The van der Waals surface area contributed by atoms with Gasteiger partial charge in [-0.05, 0) is 61.4 Å². The van der Waals surface area contributed by atoms with Gasteiger partial charge < -0.3 is 29.9 Å². The Morgan fingerprint density at radius 3 is 1.14 bits per heavy atom. The zero-order chi connectivity index (χ0) is 27.8. The highest BCUT2D eigenvalue weighted by Gasteiger charge is 2.22. The van der Waals surface area contributed by atoms with Gasteiger partial charge in [0.25, 0.3) is 0 Å². The number of carbonyl (C=O) groups is 4. The number of benzene rings is 2. The Hall–Kier alpha value is -4.08. The number of rotatable bonds is 15. The van der Waals surface area contributed by atoms with Crippen LogP contribution >= 0.6 is 0 Å². The maximum absolute atomic E-state index is 10.8. The van der Waals surface area contributed by atoms with Crippen molar-refractivity contribution in [3.05, 3.63) is 59.7 Å². The molecule has 0 radical (unpaired) electrons. The van der Waals surface area contributed by atoms with Crippen LogP contribution in [0.4, 0.5) is 0 Å². The lowest BCUT2D eigenvalue weighted by Gasteiger charge is -2.27. The van der Waals surface area contributed by atoms with Gasteiger partial charge in [-0.15, -0.1) is 0 Å². The van der Waals surface area contributed by atoms with Gasteiger partial charge in [0.2, 0.25) is 5.79 Å². The van der Waals surface area contributed by atoms with E-state index in [9.17, 15) is 19.2 Å². The van der Waals surface area contributed by atoms with Crippen molar-refractivity contribution >= 4 is 23.9 Å². The summed E-state index contributed by atoms with van der Waals surface area (Å²) in [7, 11) is 0. The molecular formula is C27H34O10. The lowest BCUT2D eigenvalue weighted by molar-refractivity contribution is -0.138. The predicted molar refractivity (Wildman–Crippen MR) is 134 cm³/mol. The fourth-order valence-electron chi connectivity index (χ4n) is 3.18. The average molecular weight is 519 g/mol. The van der Waals surface area contributed by atoms with Gasteiger partial charge in [0.1, 0.15) is 11.5 Å². The molecule has 2 aromatic rings. The second-order valence-corrected chi connectivity index (χ2v) is 8.67. The molecule has 0 saturated carbocycles. The summed E-state index contributed by atoms with van der Waals surface area (Å²) in [6.07, 6.45) is 5.82. The van der Waals surface area contributed by atoms with Crippen LogP contribution in [0.5, 0.6) is 11.5 Å². The van der Waals surface area contributed by atoms with E-state index in [1.54, 1.807) is 38.1 Å². The van der Waals surface area contributed by atoms with Crippen molar-refractivity contribution in [2.45, 2.75) is 71.0 Å². The summed E-state index contributed by atoms with van der Waals surface area (Å²) in [5, 5.41) is 34.4. The summed E-state index contributed by atoms with van der Waals surface area (Å²) in [4.78, 5) is 41.9. The van der Waals surface area contributed by atoms with Crippen molar-refractivity contribution in [3.8, 4) is 11.5 Å². The van der Waals surface area contributed by atoms with E-state index in [4.69, 9.17) is 29.9 Å². The number of unbranched alkanes of at least 4 members (excludes halogenated alkanes) is 5. The van der Waals surface area contributed by atoms with E-state index >= 15 is 0 Å². The first-order chi connectivity index (χ1) is 17.4. The lowest BCUT2D eigenvalue weighted by atomic mass is 10.1. The van der Waals surface area contributed by atoms with E-state index in [2.05, 4.69) is 0 Å². The third-order valence-corrected chi connectivity index (χ3v) is 4.96. The minimum atomic E-state index is -1.02. The SMILES string of the molecule is CC(C)(Oc1ccc(C(=O)O)cc1)Oc1ccc(C(=O)O)cc1.O=C(O)CCCCCCCCC(=O)O. The minimum Gasteiger partial charge on any atom is -0.481 e. The maximum Gasteiger partial charge on any atom is 0.335 e. The summed E-state index contributed by atoms with van der Waals surface area (Å²) < 4.78 is 11.4. The van der Waals surface area contributed by atoms with Crippen molar-refractivity contribution in [3.63, 3.8) is 0 Å². The zero-order valence-electron chi connectivity index (χ0n) is 21.0. The number of hydrogen-bond acceptors (Lipinski definition) is 6. The molecule has 0 bridgehead atoms. The van der Waals surface area contributed by atoms with E-state index in [0.29, 0.717) is 11.5 Å². The normalized spacial score (nSPS) is 10.5. The fourth-order valence-corrected chi connectivity index (χ4v) is 3.18.